The van der Waals surface area contributed by atoms with Gasteiger partial charge in [0, 0.05) is 5.39 Å². The van der Waals surface area contributed by atoms with Crippen LogP contribution in [-0.4, -0.2) is 5.11 Å². The molecule has 0 unspecified atom stereocenters. The molecule has 0 aliphatic carbocycles. The maximum absolute atomic E-state index is 9.22. The molecule has 2 aromatic rings. The Hall–Kier alpha value is -1.35. The Balaban J connectivity index is 3.01. The van der Waals surface area contributed by atoms with Gasteiger partial charge in [0.2, 0.25) is 0 Å². The van der Waals surface area contributed by atoms with E-state index in [1.54, 1.807) is 0 Å². The van der Waals surface area contributed by atoms with E-state index in [2.05, 4.69) is 0 Å². The molecule has 0 spiro atoms. The summed E-state index contributed by atoms with van der Waals surface area (Å²) in [5, 5.41) is 9.99. The Labute approximate surface area is 74.1 Å². The van der Waals surface area contributed by atoms with Gasteiger partial charge in [0.05, 0.1) is 4.51 Å². The van der Waals surface area contributed by atoms with Gasteiger partial charge >= 0.3 is 0 Å². The summed E-state index contributed by atoms with van der Waals surface area (Å²) < 4.78 is 5.55. The van der Waals surface area contributed by atoms with E-state index < -0.39 is 0 Å². The fourth-order valence-electron chi connectivity index (χ4n) is 1.07. The van der Waals surface area contributed by atoms with E-state index >= 15 is 0 Å². The number of fused-ring (bicyclic) bond motifs is 1. The van der Waals surface area contributed by atoms with E-state index in [0.29, 0.717) is 10.1 Å². The summed E-state index contributed by atoms with van der Waals surface area (Å²) in [5.74, 6) is 0.0173. The van der Waals surface area contributed by atoms with Gasteiger partial charge in [-0.3, -0.25) is 0 Å². The van der Waals surface area contributed by atoms with E-state index in [1.807, 2.05) is 24.3 Å². The fraction of sp³-hybridized carbons (Fsp3) is 0. The lowest BCUT2D eigenvalue weighted by Gasteiger charge is -1.96. The minimum Gasteiger partial charge on any atom is -0.504 e. The molecule has 12 heavy (non-hydrogen) atoms. The molecule has 60 valence electrons. The number of rotatable bonds is 0. The van der Waals surface area contributed by atoms with Gasteiger partial charge in [-0.05, 0) is 12.1 Å². The smallest absolute Gasteiger partial charge is 0.169 e. The molecule has 0 aliphatic heterocycles. The van der Waals surface area contributed by atoms with Gasteiger partial charge in [-0.1, -0.05) is 24.4 Å². The number of hydrogen-bond donors (Lipinski definition) is 1. The normalized spacial score (nSPS) is 10.3. The maximum Gasteiger partial charge on any atom is 0.169 e. The largest absolute Gasteiger partial charge is 0.504 e. The summed E-state index contributed by atoms with van der Waals surface area (Å²) in [6, 6.07) is 7.34. The van der Waals surface area contributed by atoms with Crippen LogP contribution in [0.2, 0.25) is 0 Å². The molecule has 0 radical (unpaired) electrons. The zero-order valence-electron chi connectivity index (χ0n) is 6.15. The Kier molecular flexibility index (Phi) is 1.59. The predicted octanol–water partition coefficient (Wildman–Crippen LogP) is 2.87. The summed E-state index contributed by atoms with van der Waals surface area (Å²) in [7, 11) is 0. The molecule has 0 atom stereocenters. The van der Waals surface area contributed by atoms with Gasteiger partial charge in [-0.2, -0.15) is 0 Å². The van der Waals surface area contributed by atoms with E-state index in [0.717, 1.165) is 5.39 Å². The zero-order valence-corrected chi connectivity index (χ0v) is 6.97. The van der Waals surface area contributed by atoms with Crippen LogP contribution < -0.4 is 0 Å². The summed E-state index contributed by atoms with van der Waals surface area (Å²) in [4.78, 5) is 0. The Morgan fingerprint density at radius 3 is 2.83 bits per heavy atom. The number of hydrogen-bond acceptors (Lipinski definition) is 3. The van der Waals surface area contributed by atoms with Crippen LogP contribution in [0.4, 0.5) is 0 Å². The van der Waals surface area contributed by atoms with Crippen LogP contribution in [0.1, 0.15) is 0 Å². The molecule has 1 N–H and O–H groups in total. The number of aromatic hydroxyl groups is 1. The molecule has 0 amide bonds. The summed E-state index contributed by atoms with van der Waals surface area (Å²) in [6.45, 7) is 0. The van der Waals surface area contributed by atoms with Gasteiger partial charge in [-0.15, -0.1) is 0 Å². The van der Waals surface area contributed by atoms with Crippen LogP contribution in [0.25, 0.3) is 11.0 Å². The van der Waals surface area contributed by atoms with E-state index in [9.17, 15) is 5.11 Å². The minimum atomic E-state index is 0.0173. The van der Waals surface area contributed by atoms with Gasteiger partial charge < -0.3 is 9.52 Å². The first-order valence-electron chi connectivity index (χ1n) is 3.48. The Morgan fingerprint density at radius 1 is 1.25 bits per heavy atom. The lowest BCUT2D eigenvalue weighted by Crippen LogP contribution is -1.73. The second kappa shape index (κ2) is 2.60. The van der Waals surface area contributed by atoms with Crippen molar-refractivity contribution in [3.8, 4) is 5.75 Å². The fourth-order valence-corrected chi connectivity index (χ4v) is 1.28. The summed E-state index contributed by atoms with van der Waals surface area (Å²) in [5.41, 5.74) is 0.695. The molecule has 0 saturated carbocycles. The van der Waals surface area contributed by atoms with Gasteiger partial charge in [0.25, 0.3) is 0 Å². The van der Waals surface area contributed by atoms with Crippen molar-refractivity contribution in [1.82, 2.24) is 0 Å². The van der Waals surface area contributed by atoms with Crippen LogP contribution >= 0.6 is 12.2 Å². The lowest BCUT2D eigenvalue weighted by molar-refractivity contribution is 0.445. The molecule has 1 aromatic heterocycles. The van der Waals surface area contributed by atoms with Gasteiger partial charge in [-0.25, -0.2) is 0 Å². The monoisotopic (exact) mass is 178 g/mol. The SMILES string of the molecule is Oc1coc2ccccc2c1=S. The first-order valence-corrected chi connectivity index (χ1v) is 3.89. The van der Waals surface area contributed by atoms with Gasteiger partial charge in [0.15, 0.2) is 5.75 Å². The molecule has 1 heterocycles. The Morgan fingerprint density at radius 2 is 2.00 bits per heavy atom. The highest BCUT2D eigenvalue weighted by atomic mass is 32.1. The maximum atomic E-state index is 9.22. The third kappa shape index (κ3) is 0.987. The second-order valence-corrected chi connectivity index (χ2v) is 2.85. The van der Waals surface area contributed by atoms with Crippen LogP contribution in [-0.2, 0) is 0 Å². The average molecular weight is 178 g/mol. The third-order valence-corrected chi connectivity index (χ3v) is 2.09. The van der Waals surface area contributed by atoms with Crippen molar-refractivity contribution < 1.29 is 9.52 Å². The first-order chi connectivity index (χ1) is 5.79. The van der Waals surface area contributed by atoms with Crippen molar-refractivity contribution in [3.63, 3.8) is 0 Å². The molecule has 0 fully saturated rings. The van der Waals surface area contributed by atoms with Crippen molar-refractivity contribution in [3.05, 3.63) is 35.0 Å². The van der Waals surface area contributed by atoms with Crippen molar-refractivity contribution >= 4 is 23.2 Å². The molecule has 2 rings (SSSR count). The van der Waals surface area contributed by atoms with Crippen molar-refractivity contribution in [2.45, 2.75) is 0 Å². The van der Waals surface area contributed by atoms with Crippen LogP contribution in [0.3, 0.4) is 0 Å². The van der Waals surface area contributed by atoms with Crippen LogP contribution in [0.5, 0.6) is 5.75 Å². The van der Waals surface area contributed by atoms with Gasteiger partial charge in [0.1, 0.15) is 11.8 Å². The van der Waals surface area contributed by atoms with E-state index in [-0.39, 0.29) is 5.75 Å². The Bertz CT molecular complexity index is 473. The van der Waals surface area contributed by atoms with Crippen LogP contribution in [0.15, 0.2) is 34.9 Å². The molecular weight excluding hydrogens is 172 g/mol. The topological polar surface area (TPSA) is 33.4 Å². The summed E-state index contributed by atoms with van der Waals surface area (Å²) in [6.07, 6.45) is 1.25. The zero-order chi connectivity index (χ0) is 8.55. The molecular formula is C9H6O2S. The molecule has 0 saturated heterocycles. The average Bonchev–Trinajstić information content (AvgIpc) is 2.12. The molecule has 0 aliphatic rings. The highest BCUT2D eigenvalue weighted by Gasteiger charge is 1.99. The lowest BCUT2D eigenvalue weighted by atomic mass is 10.2. The van der Waals surface area contributed by atoms with Crippen molar-refractivity contribution in [2.75, 3.05) is 0 Å². The van der Waals surface area contributed by atoms with Crippen molar-refractivity contribution in [1.29, 1.82) is 0 Å². The second-order valence-electron chi connectivity index (χ2n) is 2.45. The van der Waals surface area contributed by atoms with E-state index in [4.69, 9.17) is 16.6 Å². The standard InChI is InChI=1S/C9H6O2S/c10-7-5-11-8-4-2-1-3-6(8)9(7)12/h1-5,10H. The third-order valence-electron chi connectivity index (χ3n) is 1.66. The molecule has 0 bridgehead atoms. The van der Waals surface area contributed by atoms with E-state index in [1.165, 1.54) is 6.26 Å². The summed E-state index contributed by atoms with van der Waals surface area (Å²) >= 11 is 4.98. The van der Waals surface area contributed by atoms with Crippen molar-refractivity contribution in [2.24, 2.45) is 0 Å². The quantitative estimate of drug-likeness (QED) is 0.630. The molecule has 3 heteroatoms. The highest BCUT2D eigenvalue weighted by molar-refractivity contribution is 7.71. The highest BCUT2D eigenvalue weighted by Crippen LogP contribution is 2.21. The van der Waals surface area contributed by atoms with Crippen LogP contribution in [0, 0.1) is 4.51 Å². The number of benzene rings is 1. The first kappa shape index (κ1) is 7.31. The number of para-hydroxylation sites is 1. The minimum absolute atomic E-state index is 0.0173. The molecule has 2 nitrogen and oxygen atoms in total. The predicted molar refractivity (Wildman–Crippen MR) is 48.7 cm³/mol. The molecule has 1 aromatic carbocycles.